The Labute approximate surface area is 150 Å². The summed E-state index contributed by atoms with van der Waals surface area (Å²) in [6, 6.07) is 20.6. The molecule has 1 aliphatic rings. The maximum absolute atomic E-state index is 12.6. The highest BCUT2D eigenvalue weighted by Crippen LogP contribution is 2.33. The van der Waals surface area contributed by atoms with Crippen molar-refractivity contribution in [3.63, 3.8) is 0 Å². The minimum Gasteiger partial charge on any atom is -0.289 e. The fourth-order valence-corrected chi connectivity index (χ4v) is 3.86. The van der Waals surface area contributed by atoms with Crippen molar-refractivity contribution >= 4 is 43.9 Å². The van der Waals surface area contributed by atoms with Crippen molar-refractivity contribution in [1.82, 2.24) is 0 Å². The number of hydrogen-bond donors (Lipinski definition) is 0. The van der Waals surface area contributed by atoms with E-state index in [1.165, 1.54) is 10.8 Å². The normalized spacial score (nSPS) is 14.5. The summed E-state index contributed by atoms with van der Waals surface area (Å²) in [7, 11) is 0. The van der Waals surface area contributed by atoms with Gasteiger partial charge in [0.2, 0.25) is 0 Å². The average Bonchev–Trinajstić information content (AvgIpc) is 2.66. The lowest BCUT2D eigenvalue weighted by Crippen LogP contribution is -2.19. The van der Waals surface area contributed by atoms with Crippen LogP contribution in [-0.2, 0) is 0 Å². The highest BCUT2D eigenvalue weighted by Gasteiger charge is 2.27. The number of rotatable bonds is 0. The summed E-state index contributed by atoms with van der Waals surface area (Å²) in [4.78, 5) is 25.3. The molecule has 0 radical (unpaired) electrons. The van der Waals surface area contributed by atoms with Crippen LogP contribution in [0.25, 0.3) is 32.3 Å². The molecule has 124 valence electrons. The first-order valence-electron chi connectivity index (χ1n) is 8.70. The van der Waals surface area contributed by atoms with Crippen molar-refractivity contribution in [3.05, 3.63) is 82.9 Å². The quantitative estimate of drug-likeness (QED) is 0.377. The Kier molecular flexibility index (Phi) is 2.96. The van der Waals surface area contributed by atoms with Crippen molar-refractivity contribution in [2.75, 3.05) is 0 Å². The zero-order valence-corrected chi connectivity index (χ0v) is 14.6. The number of ketones is 2. The number of fused-ring (bicyclic) bond motifs is 4. The third-order valence-electron chi connectivity index (χ3n) is 5.53. The molecule has 0 heterocycles. The topological polar surface area (TPSA) is 34.1 Å². The molecule has 5 rings (SSSR count). The Balaban J connectivity index is 1.84. The molecule has 0 amide bonds. The smallest absolute Gasteiger partial charge is 0.189 e. The molecule has 0 spiro atoms. The number of hydrogen-bond acceptors (Lipinski definition) is 2. The largest absolute Gasteiger partial charge is 0.289 e. The fraction of sp³-hybridized carbons (Fsp3) is 0.0833. The third-order valence-corrected chi connectivity index (χ3v) is 5.53. The molecule has 1 aliphatic carbocycles. The predicted molar refractivity (Wildman–Crippen MR) is 106 cm³/mol. The monoisotopic (exact) mass is 336 g/mol. The van der Waals surface area contributed by atoms with Gasteiger partial charge in [-0.15, -0.1) is 0 Å². The molecule has 0 fully saturated rings. The maximum atomic E-state index is 12.6. The van der Waals surface area contributed by atoms with Crippen molar-refractivity contribution in [2.45, 2.75) is 13.8 Å². The van der Waals surface area contributed by atoms with Gasteiger partial charge >= 0.3 is 0 Å². The molecule has 4 aromatic carbocycles. The minimum atomic E-state index is -0.0439. The first-order valence-corrected chi connectivity index (χ1v) is 8.70. The van der Waals surface area contributed by atoms with Crippen LogP contribution in [0.3, 0.4) is 0 Å². The second kappa shape index (κ2) is 5.12. The van der Waals surface area contributed by atoms with Crippen LogP contribution in [0.15, 0.2) is 71.8 Å². The highest BCUT2D eigenvalue weighted by molar-refractivity contribution is 6.28. The van der Waals surface area contributed by atoms with Gasteiger partial charge in [0.05, 0.1) is 0 Å². The van der Waals surface area contributed by atoms with Gasteiger partial charge in [-0.05, 0) is 82.6 Å². The van der Waals surface area contributed by atoms with Gasteiger partial charge in [0.1, 0.15) is 0 Å². The van der Waals surface area contributed by atoms with Gasteiger partial charge in [-0.3, -0.25) is 9.59 Å². The van der Waals surface area contributed by atoms with Gasteiger partial charge in [0.25, 0.3) is 0 Å². The first-order chi connectivity index (χ1) is 12.5. The van der Waals surface area contributed by atoms with Crippen LogP contribution in [0.4, 0.5) is 0 Å². The van der Waals surface area contributed by atoms with Crippen molar-refractivity contribution in [2.24, 2.45) is 0 Å². The van der Waals surface area contributed by atoms with Crippen LogP contribution < -0.4 is 0 Å². The lowest BCUT2D eigenvalue weighted by atomic mass is 9.83. The van der Waals surface area contributed by atoms with E-state index in [0.717, 1.165) is 21.5 Å². The van der Waals surface area contributed by atoms with Crippen molar-refractivity contribution in [3.8, 4) is 0 Å². The van der Waals surface area contributed by atoms with Crippen molar-refractivity contribution < 1.29 is 9.59 Å². The molecule has 2 nitrogen and oxygen atoms in total. The van der Waals surface area contributed by atoms with E-state index in [1.807, 2.05) is 24.3 Å². The first kappa shape index (κ1) is 15.0. The Morgan fingerprint density at radius 3 is 1.27 bits per heavy atom. The fourth-order valence-electron chi connectivity index (χ4n) is 3.86. The molecule has 0 saturated heterocycles. The van der Waals surface area contributed by atoms with Gasteiger partial charge < -0.3 is 0 Å². The second-order valence-electron chi connectivity index (χ2n) is 7.05. The minimum absolute atomic E-state index is 0.0439. The Morgan fingerprint density at radius 1 is 0.500 bits per heavy atom. The number of carbonyl (C=O) groups is 2. The summed E-state index contributed by atoms with van der Waals surface area (Å²) in [5.41, 5.74) is 2.14. The van der Waals surface area contributed by atoms with Crippen LogP contribution in [0, 0.1) is 0 Å². The van der Waals surface area contributed by atoms with E-state index in [0.29, 0.717) is 22.3 Å². The van der Waals surface area contributed by atoms with E-state index < -0.39 is 0 Å². The molecule has 0 aromatic heterocycles. The average molecular weight is 336 g/mol. The van der Waals surface area contributed by atoms with Crippen molar-refractivity contribution in [1.29, 1.82) is 0 Å². The van der Waals surface area contributed by atoms with Crippen LogP contribution in [-0.4, -0.2) is 11.6 Å². The van der Waals surface area contributed by atoms with Gasteiger partial charge in [-0.2, -0.15) is 0 Å². The number of carbonyl (C=O) groups excluding carboxylic acids is 2. The van der Waals surface area contributed by atoms with E-state index in [1.54, 1.807) is 13.8 Å². The lowest BCUT2D eigenvalue weighted by molar-refractivity contribution is 0.0975. The number of Topliss-reactive ketones (excluding diaryl/α,β-unsaturated/α-hetero) is 2. The zero-order chi connectivity index (χ0) is 18.0. The summed E-state index contributed by atoms with van der Waals surface area (Å²) in [5.74, 6) is -0.0878. The maximum Gasteiger partial charge on any atom is 0.189 e. The van der Waals surface area contributed by atoms with E-state index in [4.69, 9.17) is 0 Å². The van der Waals surface area contributed by atoms with Gasteiger partial charge in [-0.25, -0.2) is 0 Å². The Morgan fingerprint density at radius 2 is 0.846 bits per heavy atom. The number of benzene rings is 4. The Bertz CT molecular complexity index is 1220. The van der Waals surface area contributed by atoms with Gasteiger partial charge in [0, 0.05) is 22.3 Å². The molecule has 0 aliphatic heterocycles. The lowest BCUT2D eigenvalue weighted by Gasteiger charge is -2.18. The van der Waals surface area contributed by atoms with Crippen LogP contribution in [0.2, 0.25) is 0 Å². The molecule has 0 N–H and O–H groups in total. The number of allylic oxidation sites excluding steroid dienone is 2. The summed E-state index contributed by atoms with van der Waals surface area (Å²) in [6.07, 6.45) is 0. The second-order valence-corrected chi connectivity index (χ2v) is 7.05. The van der Waals surface area contributed by atoms with Crippen LogP contribution in [0.1, 0.15) is 34.6 Å². The van der Waals surface area contributed by atoms with E-state index in [2.05, 4.69) is 36.4 Å². The molecule has 0 bridgehead atoms. The Hall–Kier alpha value is -3.26. The molecular formula is C24H16O2. The zero-order valence-electron chi connectivity index (χ0n) is 14.6. The van der Waals surface area contributed by atoms with Crippen LogP contribution >= 0.6 is 0 Å². The predicted octanol–water partition coefficient (Wildman–Crippen LogP) is 5.86. The molecule has 0 atom stereocenters. The molecule has 0 saturated carbocycles. The molecule has 26 heavy (non-hydrogen) atoms. The van der Waals surface area contributed by atoms with Gasteiger partial charge in [-0.1, -0.05) is 24.3 Å². The summed E-state index contributed by atoms with van der Waals surface area (Å²) in [5, 5.41) is 6.62. The highest BCUT2D eigenvalue weighted by atomic mass is 16.1. The third kappa shape index (κ3) is 1.99. The van der Waals surface area contributed by atoms with Gasteiger partial charge in [0.15, 0.2) is 11.6 Å². The van der Waals surface area contributed by atoms with E-state index in [-0.39, 0.29) is 11.6 Å². The SMILES string of the molecule is CC1=C(C)C(=O)c2cc3cc4cc5ccccc5cc4cc3cc2C1=O. The molecular weight excluding hydrogens is 320 g/mol. The molecule has 0 unspecified atom stereocenters. The summed E-state index contributed by atoms with van der Waals surface area (Å²) in [6.45, 7) is 3.46. The van der Waals surface area contributed by atoms with E-state index >= 15 is 0 Å². The summed E-state index contributed by atoms with van der Waals surface area (Å²) < 4.78 is 0. The molecule has 2 heteroatoms. The standard InChI is InChI=1S/C24H16O2/c1-13-14(2)24(26)22-12-20-10-18-8-16-6-4-3-5-15(16)7-17(18)9-19(20)11-21(22)23(13)25/h3-12H,1-2H3. The summed E-state index contributed by atoms with van der Waals surface area (Å²) >= 11 is 0. The molecule has 4 aromatic rings. The van der Waals surface area contributed by atoms with Crippen LogP contribution in [0.5, 0.6) is 0 Å². The van der Waals surface area contributed by atoms with E-state index in [9.17, 15) is 9.59 Å².